The van der Waals surface area contributed by atoms with Crippen molar-refractivity contribution in [3.63, 3.8) is 0 Å². The van der Waals surface area contributed by atoms with Gasteiger partial charge in [-0.25, -0.2) is 4.79 Å². The fraction of sp³-hybridized carbons (Fsp3) is 0.333. The van der Waals surface area contributed by atoms with Gasteiger partial charge in [0, 0.05) is 28.9 Å². The molecule has 2 fully saturated rings. The van der Waals surface area contributed by atoms with Crippen molar-refractivity contribution in [3.05, 3.63) is 59.1 Å². The van der Waals surface area contributed by atoms with Crippen molar-refractivity contribution in [2.45, 2.75) is 31.7 Å². The van der Waals surface area contributed by atoms with E-state index in [1.54, 1.807) is 0 Å². The lowest BCUT2D eigenvalue weighted by Gasteiger charge is -2.25. The van der Waals surface area contributed by atoms with Crippen molar-refractivity contribution in [2.75, 3.05) is 17.2 Å². The summed E-state index contributed by atoms with van der Waals surface area (Å²) in [5.41, 5.74) is 2.53. The Hall–Kier alpha value is -2.53. The zero-order chi connectivity index (χ0) is 18.8. The van der Waals surface area contributed by atoms with Crippen LogP contribution in [0.25, 0.3) is 0 Å². The molecule has 140 valence electrons. The molecule has 1 atom stereocenters. The van der Waals surface area contributed by atoms with Crippen LogP contribution in [0.1, 0.15) is 37.3 Å². The van der Waals surface area contributed by atoms with Gasteiger partial charge in [-0.15, -0.1) is 0 Å². The van der Waals surface area contributed by atoms with Crippen LogP contribution in [-0.2, 0) is 4.79 Å². The Labute approximate surface area is 163 Å². The maximum absolute atomic E-state index is 12.8. The zero-order valence-corrected chi connectivity index (χ0v) is 15.7. The lowest BCUT2D eigenvalue weighted by atomic mass is 10.1. The summed E-state index contributed by atoms with van der Waals surface area (Å²) in [6, 6.07) is 14.9. The maximum atomic E-state index is 12.8. The number of carbonyl (C=O) groups excluding carboxylic acids is 2. The summed E-state index contributed by atoms with van der Waals surface area (Å²) in [7, 11) is 0. The lowest BCUT2D eigenvalue weighted by molar-refractivity contribution is -0.117. The van der Waals surface area contributed by atoms with Crippen LogP contribution in [-0.4, -0.2) is 23.4 Å². The van der Waals surface area contributed by atoms with E-state index in [-0.39, 0.29) is 23.9 Å². The molecule has 0 radical (unpaired) electrons. The molecule has 4 rings (SSSR count). The molecule has 1 heterocycles. The van der Waals surface area contributed by atoms with E-state index in [1.165, 1.54) is 0 Å². The third-order valence-corrected chi connectivity index (χ3v) is 5.33. The number of urea groups is 1. The number of hydrogen-bond acceptors (Lipinski definition) is 2. The van der Waals surface area contributed by atoms with Gasteiger partial charge < -0.3 is 15.5 Å². The molecule has 1 saturated heterocycles. The Kier molecular flexibility index (Phi) is 5.03. The highest BCUT2D eigenvalue weighted by molar-refractivity contribution is 6.30. The second-order valence-corrected chi connectivity index (χ2v) is 7.61. The molecular weight excluding hydrogens is 362 g/mol. The quantitative estimate of drug-likeness (QED) is 0.775. The Bertz CT molecular complexity index is 849. The Morgan fingerprint density at radius 1 is 0.963 bits per heavy atom. The van der Waals surface area contributed by atoms with Crippen LogP contribution in [0.2, 0.25) is 5.02 Å². The molecule has 1 saturated carbocycles. The standard InChI is InChI=1S/C21H22ClN3O2/c22-16-4-1-3-15(13-16)19-5-2-12-25(19)21(27)24-18-10-8-17(9-11-18)23-20(26)14-6-7-14/h1,3-4,8-11,13-14,19H,2,5-7,12H2,(H,23,26)(H,24,27). The third kappa shape index (κ3) is 4.25. The molecule has 0 aromatic heterocycles. The number of amides is 3. The first-order valence-corrected chi connectivity index (χ1v) is 9.72. The second kappa shape index (κ2) is 7.61. The van der Waals surface area contributed by atoms with Crippen molar-refractivity contribution in [2.24, 2.45) is 5.92 Å². The summed E-state index contributed by atoms with van der Waals surface area (Å²) in [5.74, 6) is 0.246. The molecule has 2 aromatic rings. The summed E-state index contributed by atoms with van der Waals surface area (Å²) in [6.45, 7) is 0.721. The van der Waals surface area contributed by atoms with Crippen LogP contribution in [0.5, 0.6) is 0 Å². The largest absolute Gasteiger partial charge is 0.326 e. The summed E-state index contributed by atoms with van der Waals surface area (Å²) in [5, 5.41) is 6.54. The summed E-state index contributed by atoms with van der Waals surface area (Å²) >= 11 is 6.11. The van der Waals surface area contributed by atoms with Gasteiger partial charge in [-0.05, 0) is 67.6 Å². The number of nitrogens with zero attached hydrogens (tertiary/aromatic N) is 1. The number of hydrogen-bond donors (Lipinski definition) is 2. The molecule has 2 aromatic carbocycles. The van der Waals surface area contributed by atoms with Gasteiger partial charge in [0.1, 0.15) is 0 Å². The normalized spacial score (nSPS) is 19.0. The van der Waals surface area contributed by atoms with Gasteiger partial charge in [0.05, 0.1) is 6.04 Å². The van der Waals surface area contributed by atoms with Crippen molar-refractivity contribution in [3.8, 4) is 0 Å². The number of benzene rings is 2. The molecule has 0 bridgehead atoms. The zero-order valence-electron chi connectivity index (χ0n) is 15.0. The highest BCUT2D eigenvalue weighted by Gasteiger charge is 2.31. The minimum Gasteiger partial charge on any atom is -0.326 e. The highest BCUT2D eigenvalue weighted by Crippen LogP contribution is 2.33. The Morgan fingerprint density at radius 3 is 2.33 bits per heavy atom. The number of likely N-dealkylation sites (tertiary alicyclic amines) is 1. The van der Waals surface area contributed by atoms with Gasteiger partial charge in [-0.3, -0.25) is 4.79 Å². The van der Waals surface area contributed by atoms with Crippen molar-refractivity contribution < 1.29 is 9.59 Å². The summed E-state index contributed by atoms with van der Waals surface area (Å²) in [6.07, 6.45) is 3.85. The third-order valence-electron chi connectivity index (χ3n) is 5.10. The van der Waals surface area contributed by atoms with Crippen LogP contribution < -0.4 is 10.6 Å². The van der Waals surface area contributed by atoms with Crippen molar-refractivity contribution in [1.82, 2.24) is 4.90 Å². The van der Waals surface area contributed by atoms with Crippen LogP contribution >= 0.6 is 11.6 Å². The Balaban J connectivity index is 1.39. The fourth-order valence-electron chi connectivity index (χ4n) is 3.49. The summed E-state index contributed by atoms with van der Waals surface area (Å²) in [4.78, 5) is 26.4. The monoisotopic (exact) mass is 383 g/mol. The molecule has 1 aliphatic heterocycles. The fourth-order valence-corrected chi connectivity index (χ4v) is 3.69. The van der Waals surface area contributed by atoms with Crippen LogP contribution in [0, 0.1) is 5.92 Å². The average molecular weight is 384 g/mol. The molecule has 0 spiro atoms. The predicted octanol–water partition coefficient (Wildman–Crippen LogP) is 5.06. The van der Waals surface area contributed by atoms with E-state index in [4.69, 9.17) is 11.6 Å². The maximum Gasteiger partial charge on any atom is 0.322 e. The van der Waals surface area contributed by atoms with Crippen LogP contribution in [0.4, 0.5) is 16.2 Å². The summed E-state index contributed by atoms with van der Waals surface area (Å²) < 4.78 is 0. The molecular formula is C21H22ClN3O2. The van der Waals surface area contributed by atoms with E-state index in [0.717, 1.165) is 43.5 Å². The molecule has 6 heteroatoms. The molecule has 2 N–H and O–H groups in total. The first-order valence-electron chi connectivity index (χ1n) is 9.34. The topological polar surface area (TPSA) is 61.4 Å². The molecule has 3 amide bonds. The number of rotatable bonds is 4. The van der Waals surface area contributed by atoms with E-state index in [2.05, 4.69) is 10.6 Å². The van der Waals surface area contributed by atoms with Crippen molar-refractivity contribution in [1.29, 1.82) is 0 Å². The number of carbonyl (C=O) groups is 2. The van der Waals surface area contributed by atoms with Gasteiger partial charge in [0.15, 0.2) is 0 Å². The van der Waals surface area contributed by atoms with Gasteiger partial charge >= 0.3 is 6.03 Å². The first kappa shape index (κ1) is 17.9. The van der Waals surface area contributed by atoms with E-state index >= 15 is 0 Å². The van der Waals surface area contributed by atoms with E-state index in [0.29, 0.717) is 10.7 Å². The second-order valence-electron chi connectivity index (χ2n) is 7.18. The first-order chi connectivity index (χ1) is 13.1. The number of anilines is 2. The molecule has 1 unspecified atom stereocenters. The Morgan fingerprint density at radius 2 is 1.67 bits per heavy atom. The number of halogens is 1. The van der Waals surface area contributed by atoms with Crippen LogP contribution in [0.3, 0.4) is 0 Å². The van der Waals surface area contributed by atoms with Gasteiger partial charge in [-0.1, -0.05) is 23.7 Å². The predicted molar refractivity (Wildman–Crippen MR) is 107 cm³/mol. The van der Waals surface area contributed by atoms with Gasteiger partial charge in [0.25, 0.3) is 0 Å². The SMILES string of the molecule is O=C(Nc1ccc(NC(=O)N2CCCC2c2cccc(Cl)c2)cc1)C1CC1. The minimum atomic E-state index is -0.118. The van der Waals surface area contributed by atoms with Gasteiger partial charge in [-0.2, -0.15) is 0 Å². The number of nitrogens with one attached hydrogen (secondary N) is 2. The molecule has 27 heavy (non-hydrogen) atoms. The minimum absolute atomic E-state index is 0.0424. The van der Waals surface area contributed by atoms with Crippen molar-refractivity contribution >= 4 is 34.9 Å². The van der Waals surface area contributed by atoms with E-state index < -0.39 is 0 Å². The molecule has 1 aliphatic carbocycles. The lowest BCUT2D eigenvalue weighted by Crippen LogP contribution is -2.34. The van der Waals surface area contributed by atoms with E-state index in [1.807, 2.05) is 53.4 Å². The van der Waals surface area contributed by atoms with Gasteiger partial charge in [0.2, 0.25) is 5.91 Å². The molecule has 2 aliphatic rings. The average Bonchev–Trinajstić information content (AvgIpc) is 3.40. The highest BCUT2D eigenvalue weighted by atomic mass is 35.5. The van der Waals surface area contributed by atoms with E-state index in [9.17, 15) is 9.59 Å². The molecule has 5 nitrogen and oxygen atoms in total. The van der Waals surface area contributed by atoms with Crippen LogP contribution in [0.15, 0.2) is 48.5 Å². The smallest absolute Gasteiger partial charge is 0.322 e.